The normalized spacial score (nSPS) is 16.6. The molecule has 1 aliphatic rings. The van der Waals surface area contributed by atoms with Crippen molar-refractivity contribution in [2.45, 2.75) is 31.7 Å². The summed E-state index contributed by atoms with van der Waals surface area (Å²) >= 11 is 5.93. The molecule has 1 atom stereocenters. The molecule has 0 bridgehead atoms. The summed E-state index contributed by atoms with van der Waals surface area (Å²) < 4.78 is 26.2. The first-order valence-corrected chi connectivity index (χ1v) is 12.1. The average molecular weight is 435 g/mol. The van der Waals surface area contributed by atoms with Crippen LogP contribution in [0.3, 0.4) is 0 Å². The van der Waals surface area contributed by atoms with Gasteiger partial charge < -0.3 is 4.90 Å². The Morgan fingerprint density at radius 2 is 1.72 bits per heavy atom. The molecule has 5 nitrogen and oxygen atoms in total. The highest BCUT2D eigenvalue weighted by Crippen LogP contribution is 2.25. The van der Waals surface area contributed by atoms with E-state index in [4.69, 9.17) is 11.6 Å². The van der Waals surface area contributed by atoms with Crippen LogP contribution in [0.4, 0.5) is 0 Å². The van der Waals surface area contributed by atoms with E-state index in [1.54, 1.807) is 24.3 Å². The van der Waals surface area contributed by atoms with Crippen LogP contribution in [0.1, 0.15) is 36.4 Å². The number of nitrogens with zero attached hydrogens (tertiary/aromatic N) is 1. The van der Waals surface area contributed by atoms with E-state index in [1.807, 2.05) is 11.0 Å². The average Bonchev–Trinajstić information content (AvgIpc) is 2.68. The summed E-state index contributed by atoms with van der Waals surface area (Å²) in [6.45, 7) is 1.42. The zero-order valence-corrected chi connectivity index (χ0v) is 18.1. The number of hydrogen-bond donors (Lipinski definition) is 1. The van der Waals surface area contributed by atoms with Gasteiger partial charge in [0.1, 0.15) is 0 Å². The van der Waals surface area contributed by atoms with Crippen molar-refractivity contribution in [2.75, 3.05) is 19.3 Å². The highest BCUT2D eigenvalue weighted by molar-refractivity contribution is 7.88. The fraction of sp³-hybridized carbons (Fsp3) is 0.409. The third kappa shape index (κ3) is 6.84. The van der Waals surface area contributed by atoms with Crippen LogP contribution in [0.2, 0.25) is 5.02 Å². The first-order valence-electron chi connectivity index (χ1n) is 9.84. The summed E-state index contributed by atoms with van der Waals surface area (Å²) in [4.78, 5) is 14.7. The molecule has 29 heavy (non-hydrogen) atoms. The van der Waals surface area contributed by atoms with Gasteiger partial charge in [-0.3, -0.25) is 4.79 Å². The number of likely N-dealkylation sites (tertiary alicyclic amines) is 1. The van der Waals surface area contributed by atoms with E-state index in [1.165, 1.54) is 5.56 Å². The molecule has 0 saturated carbocycles. The standard InChI is InChI=1S/C22H27ClN2O3S/c1-29(27,28)24-21(19-7-9-20(23)10-8-19)16-22(26)25-13-11-18(12-14-25)15-17-5-3-2-4-6-17/h2-10,18,21,24H,11-16H2,1H3/t21-/m0/s1. The molecule has 0 radical (unpaired) electrons. The third-order valence-corrected chi connectivity index (χ3v) is 6.31. The van der Waals surface area contributed by atoms with Crippen LogP contribution in [0, 0.1) is 5.92 Å². The summed E-state index contributed by atoms with van der Waals surface area (Å²) in [6, 6.07) is 16.7. The highest BCUT2D eigenvalue weighted by atomic mass is 35.5. The van der Waals surface area contributed by atoms with Crippen molar-refractivity contribution in [3.8, 4) is 0 Å². The molecule has 7 heteroatoms. The maximum absolute atomic E-state index is 12.9. The number of sulfonamides is 1. The van der Waals surface area contributed by atoms with Crippen molar-refractivity contribution in [2.24, 2.45) is 5.92 Å². The number of nitrogens with one attached hydrogen (secondary N) is 1. The molecule has 0 aliphatic carbocycles. The van der Waals surface area contributed by atoms with Gasteiger partial charge in [0, 0.05) is 24.5 Å². The molecule has 1 N–H and O–H groups in total. The number of carbonyl (C=O) groups excluding carboxylic acids is 1. The predicted molar refractivity (Wildman–Crippen MR) is 116 cm³/mol. The SMILES string of the molecule is CS(=O)(=O)N[C@@H](CC(=O)N1CCC(Cc2ccccc2)CC1)c1ccc(Cl)cc1. The summed E-state index contributed by atoms with van der Waals surface area (Å²) in [5.74, 6) is 0.543. The van der Waals surface area contributed by atoms with Crippen molar-refractivity contribution in [1.29, 1.82) is 0 Å². The Bertz CT molecular complexity index is 909. The molecule has 3 rings (SSSR count). The molecule has 0 aromatic heterocycles. The van der Waals surface area contributed by atoms with E-state index < -0.39 is 16.1 Å². The molecule has 2 aromatic carbocycles. The zero-order chi connectivity index (χ0) is 20.9. The molecule has 2 aromatic rings. The van der Waals surface area contributed by atoms with Gasteiger partial charge >= 0.3 is 0 Å². The van der Waals surface area contributed by atoms with Crippen molar-refractivity contribution >= 4 is 27.5 Å². The van der Waals surface area contributed by atoms with Gasteiger partial charge in [0.05, 0.1) is 12.3 Å². The van der Waals surface area contributed by atoms with Gasteiger partial charge in [-0.2, -0.15) is 0 Å². The topological polar surface area (TPSA) is 66.5 Å². The lowest BCUT2D eigenvalue weighted by atomic mass is 9.90. The molecular weight excluding hydrogens is 408 g/mol. The van der Waals surface area contributed by atoms with Gasteiger partial charge in [-0.05, 0) is 48.4 Å². The Labute approximate surface area is 178 Å². The molecule has 1 heterocycles. The van der Waals surface area contributed by atoms with Gasteiger partial charge in [0.2, 0.25) is 15.9 Å². The van der Waals surface area contributed by atoms with Crippen LogP contribution >= 0.6 is 11.6 Å². The molecule has 0 spiro atoms. The van der Waals surface area contributed by atoms with Crippen molar-refractivity contribution in [1.82, 2.24) is 9.62 Å². The molecular formula is C22H27ClN2O3S. The number of rotatable bonds is 7. The third-order valence-electron chi connectivity index (χ3n) is 5.34. The summed E-state index contributed by atoms with van der Waals surface area (Å²) in [5, 5.41) is 0.568. The molecule has 1 saturated heterocycles. The molecule has 156 valence electrons. The Kier molecular flexibility index (Phi) is 7.33. The smallest absolute Gasteiger partial charge is 0.224 e. The van der Waals surface area contributed by atoms with Gasteiger partial charge in [0.15, 0.2) is 0 Å². The van der Waals surface area contributed by atoms with E-state index in [-0.39, 0.29) is 12.3 Å². The monoisotopic (exact) mass is 434 g/mol. The van der Waals surface area contributed by atoms with E-state index in [0.29, 0.717) is 24.0 Å². The Hall–Kier alpha value is -1.89. The summed E-state index contributed by atoms with van der Waals surface area (Å²) in [7, 11) is -3.46. The summed E-state index contributed by atoms with van der Waals surface area (Å²) in [6.07, 6.45) is 4.16. The van der Waals surface area contributed by atoms with Crippen LogP contribution < -0.4 is 4.72 Å². The van der Waals surface area contributed by atoms with E-state index in [0.717, 1.165) is 31.1 Å². The van der Waals surface area contributed by atoms with Crippen molar-refractivity contribution in [3.05, 3.63) is 70.7 Å². The molecule has 1 amide bonds. The lowest BCUT2D eigenvalue weighted by Crippen LogP contribution is -2.41. The number of carbonyl (C=O) groups is 1. The van der Waals surface area contributed by atoms with E-state index >= 15 is 0 Å². The Balaban J connectivity index is 1.59. The molecule has 1 aliphatic heterocycles. The van der Waals surface area contributed by atoms with Gasteiger partial charge in [-0.15, -0.1) is 0 Å². The van der Waals surface area contributed by atoms with Gasteiger partial charge in [0.25, 0.3) is 0 Å². The van der Waals surface area contributed by atoms with Crippen molar-refractivity contribution < 1.29 is 13.2 Å². The maximum atomic E-state index is 12.9. The largest absolute Gasteiger partial charge is 0.343 e. The minimum atomic E-state index is -3.46. The van der Waals surface area contributed by atoms with Crippen LogP contribution in [0.25, 0.3) is 0 Å². The minimum absolute atomic E-state index is 0.0285. The number of halogens is 1. The molecule has 0 unspecified atom stereocenters. The lowest BCUT2D eigenvalue weighted by molar-refractivity contribution is -0.133. The van der Waals surface area contributed by atoms with Crippen LogP contribution in [0.15, 0.2) is 54.6 Å². The fourth-order valence-electron chi connectivity index (χ4n) is 3.82. The van der Waals surface area contributed by atoms with Crippen LogP contribution in [0.5, 0.6) is 0 Å². The molecule has 1 fully saturated rings. The second kappa shape index (κ2) is 9.74. The maximum Gasteiger partial charge on any atom is 0.224 e. The number of amides is 1. The van der Waals surface area contributed by atoms with Gasteiger partial charge in [-0.25, -0.2) is 13.1 Å². The lowest BCUT2D eigenvalue weighted by Gasteiger charge is -2.33. The predicted octanol–water partition coefficient (Wildman–Crippen LogP) is 3.80. The van der Waals surface area contributed by atoms with Crippen molar-refractivity contribution in [3.63, 3.8) is 0 Å². The number of hydrogen-bond acceptors (Lipinski definition) is 3. The number of benzene rings is 2. The van der Waals surface area contributed by atoms with Gasteiger partial charge in [-0.1, -0.05) is 54.1 Å². The summed E-state index contributed by atoms with van der Waals surface area (Å²) in [5.41, 5.74) is 2.06. The van der Waals surface area contributed by atoms with Crippen LogP contribution in [-0.4, -0.2) is 38.6 Å². The second-order valence-electron chi connectivity index (χ2n) is 7.71. The first kappa shape index (κ1) is 21.8. The second-order valence-corrected chi connectivity index (χ2v) is 9.93. The Morgan fingerprint density at radius 1 is 1.10 bits per heavy atom. The Morgan fingerprint density at radius 3 is 2.31 bits per heavy atom. The number of piperidine rings is 1. The van der Waals surface area contributed by atoms with E-state index in [9.17, 15) is 13.2 Å². The minimum Gasteiger partial charge on any atom is -0.343 e. The quantitative estimate of drug-likeness (QED) is 0.720. The zero-order valence-electron chi connectivity index (χ0n) is 16.6. The first-order chi connectivity index (χ1) is 13.8. The fourth-order valence-corrected chi connectivity index (χ4v) is 4.68. The highest BCUT2D eigenvalue weighted by Gasteiger charge is 2.26. The van der Waals surface area contributed by atoms with E-state index in [2.05, 4.69) is 29.0 Å². The van der Waals surface area contributed by atoms with Crippen LogP contribution in [-0.2, 0) is 21.2 Å².